The number of nitrogens with zero attached hydrogens (tertiary/aromatic N) is 1. The van der Waals surface area contributed by atoms with Gasteiger partial charge in [-0.3, -0.25) is 9.59 Å². The van der Waals surface area contributed by atoms with Gasteiger partial charge in [-0.25, -0.2) is 0 Å². The number of amides is 1. The molecule has 1 saturated heterocycles. The lowest BCUT2D eigenvalue weighted by atomic mass is 9.90. The van der Waals surface area contributed by atoms with E-state index in [4.69, 9.17) is 11.6 Å². The zero-order chi connectivity index (χ0) is 20.5. The second-order valence-corrected chi connectivity index (χ2v) is 8.36. The summed E-state index contributed by atoms with van der Waals surface area (Å²) >= 11 is 6.09. The average Bonchev–Trinajstić information content (AvgIpc) is 2.99. The highest BCUT2D eigenvalue weighted by molar-refractivity contribution is 6.46. The van der Waals surface area contributed by atoms with E-state index < -0.39 is 17.7 Å². The van der Waals surface area contributed by atoms with Crippen molar-refractivity contribution in [3.05, 3.63) is 75.8 Å². The van der Waals surface area contributed by atoms with E-state index in [1.165, 1.54) is 0 Å². The van der Waals surface area contributed by atoms with E-state index in [1.807, 2.05) is 31.2 Å². The van der Waals surface area contributed by atoms with Crippen molar-refractivity contribution in [3.63, 3.8) is 0 Å². The normalized spacial score (nSPS) is 22.3. The van der Waals surface area contributed by atoms with Gasteiger partial charge in [-0.1, -0.05) is 72.8 Å². The molecular formula is C24H24ClNO3. The summed E-state index contributed by atoms with van der Waals surface area (Å²) in [6.45, 7) is 1.98. The van der Waals surface area contributed by atoms with E-state index in [0.717, 1.165) is 43.2 Å². The summed E-state index contributed by atoms with van der Waals surface area (Å²) in [5, 5.41) is 11.5. The number of hydrogen-bond acceptors (Lipinski definition) is 3. The highest BCUT2D eigenvalue weighted by Crippen LogP contribution is 2.43. The highest BCUT2D eigenvalue weighted by Gasteiger charge is 2.48. The monoisotopic (exact) mass is 409 g/mol. The Bertz CT molecular complexity index is 991. The Hall–Kier alpha value is -2.59. The van der Waals surface area contributed by atoms with E-state index in [2.05, 4.69) is 0 Å². The third-order valence-corrected chi connectivity index (χ3v) is 6.14. The standard InChI is InChI=1S/C24H24ClNO3/c1-15-7-5-8-16(13-15)21-20(22(27)17-9-6-10-18(25)14-17)23(28)24(29)26(21)19-11-3-2-4-12-19/h5-10,13-14,19,21,27H,2-4,11-12H2,1H3/b22-20-. The van der Waals surface area contributed by atoms with Crippen LogP contribution in [0.15, 0.2) is 54.1 Å². The number of carbonyl (C=O) groups excluding carboxylic acids is 2. The molecule has 29 heavy (non-hydrogen) atoms. The lowest BCUT2D eigenvalue weighted by Crippen LogP contribution is -2.40. The molecule has 1 atom stereocenters. The van der Waals surface area contributed by atoms with Crippen LogP contribution in [-0.4, -0.2) is 27.7 Å². The van der Waals surface area contributed by atoms with Gasteiger partial charge in [0.1, 0.15) is 5.76 Å². The van der Waals surface area contributed by atoms with Crippen LogP contribution in [0.25, 0.3) is 5.76 Å². The van der Waals surface area contributed by atoms with Gasteiger partial charge in [-0.15, -0.1) is 0 Å². The number of halogens is 1. The summed E-state index contributed by atoms with van der Waals surface area (Å²) in [5.74, 6) is -1.32. The van der Waals surface area contributed by atoms with Crippen LogP contribution in [0.5, 0.6) is 0 Å². The van der Waals surface area contributed by atoms with Gasteiger partial charge in [-0.05, 0) is 37.5 Å². The molecule has 1 unspecified atom stereocenters. The predicted octanol–water partition coefficient (Wildman–Crippen LogP) is 5.40. The Balaban J connectivity index is 1.89. The van der Waals surface area contributed by atoms with Crippen LogP contribution in [0.2, 0.25) is 5.02 Å². The minimum Gasteiger partial charge on any atom is -0.507 e. The smallest absolute Gasteiger partial charge is 0.295 e. The molecule has 4 nitrogen and oxygen atoms in total. The molecule has 150 valence electrons. The highest BCUT2D eigenvalue weighted by atomic mass is 35.5. The Morgan fingerprint density at radius 3 is 2.45 bits per heavy atom. The first-order valence-electron chi connectivity index (χ1n) is 10.1. The van der Waals surface area contributed by atoms with Crippen LogP contribution < -0.4 is 0 Å². The van der Waals surface area contributed by atoms with E-state index in [0.29, 0.717) is 10.6 Å². The fourth-order valence-corrected chi connectivity index (χ4v) is 4.73. The van der Waals surface area contributed by atoms with Gasteiger partial charge in [0.15, 0.2) is 0 Å². The van der Waals surface area contributed by atoms with Gasteiger partial charge < -0.3 is 10.0 Å². The van der Waals surface area contributed by atoms with Crippen LogP contribution >= 0.6 is 11.6 Å². The van der Waals surface area contributed by atoms with E-state index in [1.54, 1.807) is 29.2 Å². The SMILES string of the molecule is Cc1cccc(C2/C(=C(/O)c3cccc(Cl)c3)C(=O)C(=O)N2C2CCCCC2)c1. The zero-order valence-electron chi connectivity index (χ0n) is 16.4. The summed E-state index contributed by atoms with van der Waals surface area (Å²) < 4.78 is 0. The largest absolute Gasteiger partial charge is 0.507 e. The minimum absolute atomic E-state index is 0.00961. The van der Waals surface area contributed by atoms with E-state index >= 15 is 0 Å². The number of hydrogen-bond donors (Lipinski definition) is 1. The molecule has 2 aliphatic rings. The van der Waals surface area contributed by atoms with E-state index in [9.17, 15) is 14.7 Å². The molecule has 0 spiro atoms. The first-order chi connectivity index (χ1) is 14.0. The molecule has 4 rings (SSSR count). The van der Waals surface area contributed by atoms with Gasteiger partial charge in [-0.2, -0.15) is 0 Å². The third kappa shape index (κ3) is 3.69. The number of likely N-dealkylation sites (tertiary alicyclic amines) is 1. The van der Waals surface area contributed by atoms with Gasteiger partial charge in [0.2, 0.25) is 0 Å². The van der Waals surface area contributed by atoms with Gasteiger partial charge in [0, 0.05) is 16.6 Å². The number of aliphatic hydroxyl groups excluding tert-OH is 1. The molecule has 0 aromatic heterocycles. The maximum atomic E-state index is 13.1. The van der Waals surface area contributed by atoms with Crippen molar-refractivity contribution in [2.45, 2.75) is 51.1 Å². The summed E-state index contributed by atoms with van der Waals surface area (Å²) in [4.78, 5) is 27.9. The molecule has 5 heteroatoms. The minimum atomic E-state index is -0.625. The molecule has 2 aromatic rings. The van der Waals surface area contributed by atoms with Crippen LogP contribution in [0.1, 0.15) is 54.8 Å². The molecule has 2 fully saturated rings. The molecule has 1 aliphatic carbocycles. The van der Waals surface area contributed by atoms with Crippen molar-refractivity contribution in [2.24, 2.45) is 0 Å². The lowest BCUT2D eigenvalue weighted by Gasteiger charge is -2.35. The maximum Gasteiger partial charge on any atom is 0.295 e. The fourth-order valence-electron chi connectivity index (χ4n) is 4.54. The molecule has 2 aromatic carbocycles. The second kappa shape index (κ2) is 8.03. The number of aryl methyl sites for hydroxylation is 1. The topological polar surface area (TPSA) is 57.6 Å². The van der Waals surface area contributed by atoms with Crippen molar-refractivity contribution in [1.82, 2.24) is 4.90 Å². The maximum absolute atomic E-state index is 13.1. The Labute approximate surface area is 175 Å². The molecule has 1 amide bonds. The van der Waals surface area contributed by atoms with E-state index in [-0.39, 0.29) is 17.4 Å². The first-order valence-corrected chi connectivity index (χ1v) is 10.5. The number of ketones is 1. The molecular weight excluding hydrogens is 386 g/mol. The van der Waals surface area contributed by atoms with Crippen LogP contribution in [0.4, 0.5) is 0 Å². The van der Waals surface area contributed by atoms with Crippen molar-refractivity contribution < 1.29 is 14.7 Å². The number of Topliss-reactive ketones (excluding diaryl/α,β-unsaturated/α-hetero) is 1. The van der Waals surface area contributed by atoms with Gasteiger partial charge >= 0.3 is 0 Å². The Morgan fingerprint density at radius 1 is 1.03 bits per heavy atom. The molecule has 0 bridgehead atoms. The third-order valence-electron chi connectivity index (χ3n) is 5.90. The van der Waals surface area contributed by atoms with Crippen LogP contribution in [0, 0.1) is 6.92 Å². The fraction of sp³-hybridized carbons (Fsp3) is 0.333. The summed E-state index contributed by atoms with van der Waals surface area (Å²) in [6, 6.07) is 14.0. The summed E-state index contributed by atoms with van der Waals surface area (Å²) in [5.41, 5.74) is 2.48. The van der Waals surface area contributed by atoms with Gasteiger partial charge in [0.05, 0.1) is 11.6 Å². The number of carbonyl (C=O) groups is 2. The predicted molar refractivity (Wildman–Crippen MR) is 114 cm³/mol. The van der Waals surface area contributed by atoms with Crippen molar-refractivity contribution in [3.8, 4) is 0 Å². The lowest BCUT2D eigenvalue weighted by molar-refractivity contribution is -0.141. The summed E-state index contributed by atoms with van der Waals surface area (Å²) in [6.07, 6.45) is 5.00. The van der Waals surface area contributed by atoms with Crippen LogP contribution in [-0.2, 0) is 9.59 Å². The second-order valence-electron chi connectivity index (χ2n) is 7.92. The Morgan fingerprint density at radius 2 is 1.76 bits per heavy atom. The summed E-state index contributed by atoms with van der Waals surface area (Å²) in [7, 11) is 0. The number of rotatable bonds is 3. The van der Waals surface area contributed by atoms with Crippen molar-refractivity contribution >= 4 is 29.1 Å². The van der Waals surface area contributed by atoms with Crippen LogP contribution in [0.3, 0.4) is 0 Å². The van der Waals surface area contributed by atoms with Crippen molar-refractivity contribution in [2.75, 3.05) is 0 Å². The van der Waals surface area contributed by atoms with Crippen molar-refractivity contribution in [1.29, 1.82) is 0 Å². The molecule has 1 aliphatic heterocycles. The first kappa shape index (κ1) is 19.7. The Kier molecular flexibility index (Phi) is 5.46. The quantitative estimate of drug-likeness (QED) is 0.419. The molecule has 1 heterocycles. The number of benzene rings is 2. The molecule has 1 saturated carbocycles. The van der Waals surface area contributed by atoms with Gasteiger partial charge in [0.25, 0.3) is 11.7 Å². The number of aliphatic hydroxyl groups is 1. The average molecular weight is 410 g/mol. The zero-order valence-corrected chi connectivity index (χ0v) is 17.2. The molecule has 1 N–H and O–H groups in total. The molecule has 0 radical (unpaired) electrons.